The van der Waals surface area contributed by atoms with Crippen molar-refractivity contribution in [2.24, 2.45) is 0 Å². The molecule has 2 heterocycles. The van der Waals surface area contributed by atoms with E-state index in [-0.39, 0.29) is 0 Å². The lowest BCUT2D eigenvalue weighted by Gasteiger charge is -2.07. The van der Waals surface area contributed by atoms with Gasteiger partial charge in [-0.05, 0) is 22.9 Å². The van der Waals surface area contributed by atoms with Crippen molar-refractivity contribution in [3.8, 4) is 0 Å². The van der Waals surface area contributed by atoms with Crippen LogP contribution in [0, 0.1) is 0 Å². The van der Waals surface area contributed by atoms with Crippen LogP contribution in [0.4, 0.5) is 11.6 Å². The van der Waals surface area contributed by atoms with E-state index in [1.165, 1.54) is 0 Å². The average Bonchev–Trinajstić information content (AvgIpc) is 2.56. The fourth-order valence-electron chi connectivity index (χ4n) is 2.49. The van der Waals surface area contributed by atoms with Crippen molar-refractivity contribution in [1.82, 2.24) is 15.3 Å². The van der Waals surface area contributed by atoms with Crippen LogP contribution in [0.1, 0.15) is 0 Å². The van der Waals surface area contributed by atoms with Crippen molar-refractivity contribution in [2.75, 3.05) is 0 Å². The second-order valence-electron chi connectivity index (χ2n) is 4.82. The fourth-order valence-corrected chi connectivity index (χ4v) is 2.49. The van der Waals surface area contributed by atoms with E-state index in [4.69, 9.17) is 0 Å². The molecule has 0 aliphatic rings. The molecule has 21 heavy (non-hydrogen) atoms. The first-order valence-electron chi connectivity index (χ1n) is 6.81. The minimum absolute atomic E-state index is 0.706. The number of pyridine rings is 2. The van der Waals surface area contributed by atoms with E-state index in [1.807, 2.05) is 48.5 Å². The van der Waals surface area contributed by atoms with Crippen molar-refractivity contribution in [3.63, 3.8) is 0 Å². The van der Waals surface area contributed by atoms with Gasteiger partial charge in [0.25, 0.3) is 0 Å². The first-order chi connectivity index (χ1) is 10.4. The number of nitrogens with zero attached hydrogens (tertiary/aromatic N) is 3. The third kappa shape index (κ3) is 2.09. The third-order valence-electron chi connectivity index (χ3n) is 3.52. The molecule has 4 rings (SSSR count). The van der Waals surface area contributed by atoms with Crippen LogP contribution in [0.2, 0.25) is 0 Å². The Hall–Kier alpha value is -2.94. The molecule has 3 heteroatoms. The molecular weight excluding hydrogens is 258 g/mol. The van der Waals surface area contributed by atoms with Crippen LogP contribution in [0.3, 0.4) is 0 Å². The topological polar surface area (TPSA) is 39.9 Å². The highest BCUT2D eigenvalue weighted by Gasteiger charge is 2.08. The molecule has 0 saturated carbocycles. The summed E-state index contributed by atoms with van der Waals surface area (Å²) in [5, 5.41) is 9.01. The number of benzene rings is 2. The third-order valence-corrected chi connectivity index (χ3v) is 3.52. The first-order valence-corrected chi connectivity index (χ1v) is 6.81. The number of hydrogen-bond donors (Lipinski definition) is 0. The van der Waals surface area contributed by atoms with Crippen LogP contribution >= 0.6 is 0 Å². The van der Waals surface area contributed by atoms with Crippen molar-refractivity contribution in [1.29, 1.82) is 0 Å². The highest BCUT2D eigenvalue weighted by molar-refractivity contribution is 5.94. The maximum absolute atomic E-state index is 4.68. The first kappa shape index (κ1) is 11.9. The van der Waals surface area contributed by atoms with Crippen LogP contribution in [-0.2, 0) is 0 Å². The zero-order valence-corrected chi connectivity index (χ0v) is 11.3. The van der Waals surface area contributed by atoms with Gasteiger partial charge in [0, 0.05) is 23.2 Å². The summed E-state index contributed by atoms with van der Waals surface area (Å²) in [5.74, 6) is 1.41. The molecule has 0 N–H and O–H groups in total. The Balaban J connectivity index is 1.87. The van der Waals surface area contributed by atoms with E-state index in [0.29, 0.717) is 11.6 Å². The SMILES string of the molecule is c1ccc2c([N]c3nccc4ccccc34)nccc2c1. The molecule has 0 fully saturated rings. The van der Waals surface area contributed by atoms with Gasteiger partial charge in [-0.2, -0.15) is 0 Å². The molecule has 2 aromatic heterocycles. The van der Waals surface area contributed by atoms with E-state index < -0.39 is 0 Å². The van der Waals surface area contributed by atoms with Crippen LogP contribution in [0.15, 0.2) is 73.1 Å². The van der Waals surface area contributed by atoms with Gasteiger partial charge >= 0.3 is 0 Å². The number of rotatable bonds is 2. The molecule has 3 nitrogen and oxygen atoms in total. The Labute approximate surface area is 122 Å². The van der Waals surface area contributed by atoms with Crippen molar-refractivity contribution in [3.05, 3.63) is 73.1 Å². The summed E-state index contributed by atoms with van der Waals surface area (Å²) in [6.07, 6.45) is 3.57. The van der Waals surface area contributed by atoms with Gasteiger partial charge in [-0.3, -0.25) is 0 Å². The molecule has 1 radical (unpaired) electrons. The Morgan fingerprint density at radius 3 is 1.57 bits per heavy atom. The minimum atomic E-state index is 0.706. The molecule has 0 amide bonds. The highest BCUT2D eigenvalue weighted by Crippen LogP contribution is 2.27. The molecule has 0 aliphatic carbocycles. The highest BCUT2D eigenvalue weighted by atomic mass is 15.1. The second kappa shape index (κ2) is 4.87. The predicted molar refractivity (Wildman–Crippen MR) is 84.9 cm³/mol. The van der Waals surface area contributed by atoms with Gasteiger partial charge in [0.15, 0.2) is 11.6 Å². The van der Waals surface area contributed by atoms with E-state index in [1.54, 1.807) is 12.4 Å². The summed E-state index contributed by atoms with van der Waals surface area (Å²) in [5.41, 5.74) is 0. The molecule has 0 unspecified atom stereocenters. The van der Waals surface area contributed by atoms with Gasteiger partial charge in [-0.25, -0.2) is 15.3 Å². The standard InChI is InChI=1S/C18H12N3/c1-3-7-15-13(5-1)9-11-19-17(15)21-18-16-8-4-2-6-14(16)10-12-20-18/h1-12H. The lowest BCUT2D eigenvalue weighted by atomic mass is 10.1. The average molecular weight is 270 g/mol. The minimum Gasteiger partial charge on any atom is -0.237 e. The zero-order valence-electron chi connectivity index (χ0n) is 11.3. The van der Waals surface area contributed by atoms with Crippen molar-refractivity contribution >= 4 is 33.2 Å². The number of aromatic nitrogens is 2. The van der Waals surface area contributed by atoms with Gasteiger partial charge in [-0.15, -0.1) is 0 Å². The summed E-state index contributed by atoms with van der Waals surface area (Å²) < 4.78 is 0. The van der Waals surface area contributed by atoms with Crippen LogP contribution in [0.25, 0.3) is 21.5 Å². The van der Waals surface area contributed by atoms with Gasteiger partial charge in [0.05, 0.1) is 0 Å². The largest absolute Gasteiger partial charge is 0.237 e. The van der Waals surface area contributed by atoms with E-state index in [9.17, 15) is 0 Å². The number of hydrogen-bond acceptors (Lipinski definition) is 2. The maximum atomic E-state index is 4.68. The Morgan fingerprint density at radius 1 is 0.571 bits per heavy atom. The van der Waals surface area contributed by atoms with Crippen molar-refractivity contribution < 1.29 is 0 Å². The summed E-state index contributed by atoms with van der Waals surface area (Å²) in [4.78, 5) is 8.80. The molecule has 0 atom stereocenters. The monoisotopic (exact) mass is 270 g/mol. The van der Waals surface area contributed by atoms with Crippen LogP contribution in [-0.4, -0.2) is 9.97 Å². The smallest absolute Gasteiger partial charge is 0.162 e. The molecule has 4 aromatic rings. The summed E-state index contributed by atoms with van der Waals surface area (Å²) in [6.45, 7) is 0. The van der Waals surface area contributed by atoms with Crippen LogP contribution in [0.5, 0.6) is 0 Å². The molecule has 99 valence electrons. The Bertz CT molecular complexity index is 844. The predicted octanol–water partition coefficient (Wildman–Crippen LogP) is 4.35. The second-order valence-corrected chi connectivity index (χ2v) is 4.82. The van der Waals surface area contributed by atoms with Crippen molar-refractivity contribution in [2.45, 2.75) is 0 Å². The fraction of sp³-hybridized carbons (Fsp3) is 0. The zero-order chi connectivity index (χ0) is 14.1. The lowest BCUT2D eigenvalue weighted by molar-refractivity contribution is 1.07. The summed E-state index contributed by atoms with van der Waals surface area (Å²) in [7, 11) is 0. The normalized spacial score (nSPS) is 10.9. The molecule has 0 aliphatic heterocycles. The molecule has 0 saturated heterocycles. The molecule has 0 spiro atoms. The lowest BCUT2D eigenvalue weighted by Crippen LogP contribution is -1.96. The molecule has 2 aromatic carbocycles. The van der Waals surface area contributed by atoms with E-state index in [2.05, 4.69) is 27.4 Å². The van der Waals surface area contributed by atoms with Crippen LogP contribution < -0.4 is 5.32 Å². The number of fused-ring (bicyclic) bond motifs is 2. The Kier molecular flexibility index (Phi) is 2.75. The Morgan fingerprint density at radius 2 is 1.05 bits per heavy atom. The summed E-state index contributed by atoms with van der Waals surface area (Å²) >= 11 is 0. The van der Waals surface area contributed by atoms with Gasteiger partial charge in [0.1, 0.15) is 0 Å². The molecule has 0 bridgehead atoms. The van der Waals surface area contributed by atoms with Gasteiger partial charge in [0.2, 0.25) is 0 Å². The maximum Gasteiger partial charge on any atom is 0.162 e. The van der Waals surface area contributed by atoms with Gasteiger partial charge in [-0.1, -0.05) is 48.5 Å². The molecular formula is C18H12N3. The van der Waals surface area contributed by atoms with E-state index in [0.717, 1.165) is 21.5 Å². The quantitative estimate of drug-likeness (QED) is 0.543. The van der Waals surface area contributed by atoms with Gasteiger partial charge < -0.3 is 0 Å². The summed E-state index contributed by atoms with van der Waals surface area (Å²) in [6, 6.07) is 20.2. The van der Waals surface area contributed by atoms with E-state index >= 15 is 0 Å².